The van der Waals surface area contributed by atoms with Gasteiger partial charge in [0.15, 0.2) is 0 Å². The molecule has 0 saturated carbocycles. The van der Waals surface area contributed by atoms with Gasteiger partial charge >= 0.3 is 0 Å². The van der Waals surface area contributed by atoms with E-state index in [4.69, 9.17) is 0 Å². The Morgan fingerprint density at radius 1 is 0.743 bits per heavy atom. The molecule has 0 spiro atoms. The van der Waals surface area contributed by atoms with Crippen LogP contribution in [0, 0.1) is 0 Å². The van der Waals surface area contributed by atoms with Gasteiger partial charge in [-0.15, -0.1) is 0 Å². The highest BCUT2D eigenvalue weighted by atomic mass is 16.1. The lowest BCUT2D eigenvalue weighted by Gasteiger charge is -2.26. The van der Waals surface area contributed by atoms with Crippen LogP contribution in [0.5, 0.6) is 0 Å². The van der Waals surface area contributed by atoms with Crippen LogP contribution in [0.4, 0.5) is 0 Å². The van der Waals surface area contributed by atoms with Crippen molar-refractivity contribution in [1.82, 2.24) is 9.88 Å². The maximum atomic E-state index is 13.2. The molecule has 1 heterocycles. The summed E-state index contributed by atoms with van der Waals surface area (Å²) in [6.07, 6.45) is 9.24. The van der Waals surface area contributed by atoms with Crippen molar-refractivity contribution in [2.75, 3.05) is 0 Å². The molecule has 3 heteroatoms. The topological polar surface area (TPSA) is 34.0 Å². The van der Waals surface area contributed by atoms with Gasteiger partial charge < -0.3 is 9.88 Å². The second-order valence-electron chi connectivity index (χ2n) is 9.93. The van der Waals surface area contributed by atoms with Gasteiger partial charge in [-0.2, -0.15) is 0 Å². The summed E-state index contributed by atoms with van der Waals surface area (Å²) < 4.78 is 2.43. The van der Waals surface area contributed by atoms with Gasteiger partial charge in [-0.05, 0) is 97.5 Å². The van der Waals surface area contributed by atoms with Crippen molar-refractivity contribution < 1.29 is 4.79 Å². The van der Waals surface area contributed by atoms with Crippen molar-refractivity contribution in [3.8, 4) is 16.9 Å². The molecule has 1 N–H and O–H groups in total. The third-order valence-corrected chi connectivity index (χ3v) is 7.68. The number of nitrogens with one attached hydrogen (secondary N) is 1. The SMILES string of the molecule is O=C(N[C@@H]1CCCc2ccccc21)c1ccc(-n2c(-c3ccccc3)cc3c2CCCCC3)cc1. The predicted molar refractivity (Wildman–Crippen MR) is 142 cm³/mol. The second-order valence-corrected chi connectivity index (χ2v) is 9.93. The van der Waals surface area contributed by atoms with Gasteiger partial charge in [0.05, 0.1) is 11.7 Å². The van der Waals surface area contributed by atoms with Crippen molar-refractivity contribution in [1.29, 1.82) is 0 Å². The molecule has 35 heavy (non-hydrogen) atoms. The summed E-state index contributed by atoms with van der Waals surface area (Å²) in [5.74, 6) is 0.00729. The monoisotopic (exact) mass is 460 g/mol. The largest absolute Gasteiger partial charge is 0.345 e. The van der Waals surface area contributed by atoms with Crippen LogP contribution in [0.15, 0.2) is 84.9 Å². The van der Waals surface area contributed by atoms with E-state index >= 15 is 0 Å². The summed E-state index contributed by atoms with van der Waals surface area (Å²) in [7, 11) is 0. The molecule has 0 fully saturated rings. The molecule has 3 nitrogen and oxygen atoms in total. The molecule has 1 amide bonds. The first-order chi connectivity index (χ1) is 17.3. The van der Waals surface area contributed by atoms with E-state index in [1.54, 1.807) is 0 Å². The minimum Gasteiger partial charge on any atom is -0.345 e. The lowest BCUT2D eigenvalue weighted by Crippen LogP contribution is -2.30. The summed E-state index contributed by atoms with van der Waals surface area (Å²) in [6, 6.07) is 29.8. The number of carbonyl (C=O) groups excluding carboxylic acids is 1. The zero-order valence-corrected chi connectivity index (χ0v) is 20.2. The van der Waals surface area contributed by atoms with Gasteiger partial charge in [0.2, 0.25) is 0 Å². The molecule has 6 rings (SSSR count). The summed E-state index contributed by atoms with van der Waals surface area (Å²) in [4.78, 5) is 13.2. The average Bonchev–Trinajstić information content (AvgIpc) is 3.11. The number of carbonyl (C=O) groups is 1. The van der Waals surface area contributed by atoms with Gasteiger partial charge in [0, 0.05) is 16.9 Å². The molecule has 0 bridgehead atoms. The summed E-state index contributed by atoms with van der Waals surface area (Å²) in [5, 5.41) is 3.30. The van der Waals surface area contributed by atoms with E-state index in [-0.39, 0.29) is 11.9 Å². The molecule has 0 saturated heterocycles. The van der Waals surface area contributed by atoms with E-state index in [1.165, 1.54) is 52.9 Å². The zero-order valence-electron chi connectivity index (χ0n) is 20.2. The second kappa shape index (κ2) is 9.58. The van der Waals surface area contributed by atoms with E-state index in [9.17, 15) is 4.79 Å². The number of hydrogen-bond donors (Lipinski definition) is 1. The van der Waals surface area contributed by atoms with E-state index < -0.39 is 0 Å². The van der Waals surface area contributed by atoms with Crippen LogP contribution in [0.1, 0.15) is 70.9 Å². The van der Waals surface area contributed by atoms with Gasteiger partial charge in [-0.1, -0.05) is 61.0 Å². The third-order valence-electron chi connectivity index (χ3n) is 7.68. The zero-order chi connectivity index (χ0) is 23.6. The third kappa shape index (κ3) is 4.32. The van der Waals surface area contributed by atoms with Crippen LogP contribution in [-0.4, -0.2) is 10.5 Å². The van der Waals surface area contributed by atoms with Crippen molar-refractivity contribution >= 4 is 5.91 Å². The van der Waals surface area contributed by atoms with Crippen molar-refractivity contribution in [2.24, 2.45) is 0 Å². The molecule has 2 aliphatic carbocycles. The quantitative estimate of drug-likeness (QED) is 0.321. The lowest BCUT2D eigenvalue weighted by atomic mass is 9.87. The molecule has 1 aromatic heterocycles. The van der Waals surface area contributed by atoms with Crippen LogP contribution in [0.3, 0.4) is 0 Å². The molecule has 0 radical (unpaired) electrons. The average molecular weight is 461 g/mol. The number of rotatable bonds is 4. The van der Waals surface area contributed by atoms with Crippen LogP contribution < -0.4 is 5.32 Å². The molecular formula is C32H32N2O. The Labute approximate surface area is 207 Å². The van der Waals surface area contributed by atoms with Crippen molar-refractivity contribution in [2.45, 2.75) is 57.4 Å². The summed E-state index contributed by atoms with van der Waals surface area (Å²) in [6.45, 7) is 0. The Bertz CT molecular complexity index is 1330. The number of fused-ring (bicyclic) bond motifs is 2. The fourth-order valence-corrected chi connectivity index (χ4v) is 5.90. The lowest BCUT2D eigenvalue weighted by molar-refractivity contribution is 0.0933. The maximum absolute atomic E-state index is 13.2. The maximum Gasteiger partial charge on any atom is 0.251 e. The van der Waals surface area contributed by atoms with Crippen LogP contribution >= 0.6 is 0 Å². The molecular weight excluding hydrogens is 428 g/mol. The summed E-state index contributed by atoms with van der Waals surface area (Å²) >= 11 is 0. The Morgan fingerprint density at radius 3 is 2.34 bits per heavy atom. The fraction of sp³-hybridized carbons (Fsp3) is 0.281. The summed E-state index contributed by atoms with van der Waals surface area (Å²) in [5.41, 5.74) is 9.86. The number of nitrogens with zero attached hydrogens (tertiary/aromatic N) is 1. The Balaban J connectivity index is 1.30. The van der Waals surface area contributed by atoms with Crippen molar-refractivity contribution in [3.05, 3.63) is 113 Å². The number of benzene rings is 3. The number of aryl methyl sites for hydroxylation is 2. The molecule has 0 unspecified atom stereocenters. The fourth-order valence-electron chi connectivity index (χ4n) is 5.90. The molecule has 176 valence electrons. The smallest absolute Gasteiger partial charge is 0.251 e. The standard InChI is InChI=1S/C32H32N2O/c35-32(33-29-16-9-14-23-10-7-8-15-28(23)29)25-18-20-27(21-19-25)34-30-17-6-2-5-13-26(30)22-31(34)24-11-3-1-4-12-24/h1,3-4,7-8,10-12,15,18-22,29H,2,5-6,9,13-14,16-17H2,(H,33,35)/t29-/m1/s1. The Hall–Kier alpha value is -3.59. The molecule has 4 aromatic rings. The van der Waals surface area contributed by atoms with Gasteiger partial charge in [0.1, 0.15) is 0 Å². The first-order valence-corrected chi connectivity index (χ1v) is 13.1. The minimum absolute atomic E-state index is 0.00729. The number of amides is 1. The molecule has 0 aliphatic heterocycles. The molecule has 3 aromatic carbocycles. The van der Waals surface area contributed by atoms with Gasteiger partial charge in [-0.3, -0.25) is 4.79 Å². The first kappa shape index (κ1) is 21.9. The normalized spacial score (nSPS) is 17.2. The van der Waals surface area contributed by atoms with Gasteiger partial charge in [0.25, 0.3) is 5.91 Å². The minimum atomic E-state index is 0.00729. The Morgan fingerprint density at radius 2 is 1.49 bits per heavy atom. The van der Waals surface area contributed by atoms with E-state index in [2.05, 4.69) is 82.7 Å². The predicted octanol–water partition coefficient (Wildman–Crippen LogP) is 7.22. The number of hydrogen-bond acceptors (Lipinski definition) is 1. The highest BCUT2D eigenvalue weighted by molar-refractivity contribution is 5.94. The van der Waals surface area contributed by atoms with E-state index in [0.717, 1.165) is 43.4 Å². The Kier molecular flexibility index (Phi) is 5.99. The van der Waals surface area contributed by atoms with Crippen LogP contribution in [0.2, 0.25) is 0 Å². The highest BCUT2D eigenvalue weighted by Crippen LogP contribution is 2.34. The van der Waals surface area contributed by atoms with Gasteiger partial charge in [-0.25, -0.2) is 0 Å². The highest BCUT2D eigenvalue weighted by Gasteiger charge is 2.23. The van der Waals surface area contributed by atoms with E-state index in [0.29, 0.717) is 0 Å². The first-order valence-electron chi connectivity index (χ1n) is 13.1. The molecule has 1 atom stereocenters. The van der Waals surface area contributed by atoms with E-state index in [1.807, 2.05) is 12.1 Å². The number of aromatic nitrogens is 1. The molecule has 2 aliphatic rings. The van der Waals surface area contributed by atoms with Crippen LogP contribution in [-0.2, 0) is 19.3 Å². The van der Waals surface area contributed by atoms with Crippen molar-refractivity contribution in [3.63, 3.8) is 0 Å². The van der Waals surface area contributed by atoms with Crippen LogP contribution in [0.25, 0.3) is 16.9 Å².